The van der Waals surface area contributed by atoms with Gasteiger partial charge in [-0.3, -0.25) is 4.79 Å². The molecule has 1 amide bonds. The van der Waals surface area contributed by atoms with Crippen LogP contribution in [0, 0.1) is 5.92 Å². The van der Waals surface area contributed by atoms with Crippen molar-refractivity contribution in [1.82, 2.24) is 4.90 Å². The summed E-state index contributed by atoms with van der Waals surface area (Å²) in [5, 5.41) is 9.36. The molecule has 108 valence electrons. The van der Waals surface area contributed by atoms with Gasteiger partial charge in [-0.05, 0) is 18.8 Å². The summed E-state index contributed by atoms with van der Waals surface area (Å²) < 4.78 is 0.0241. The van der Waals surface area contributed by atoms with Crippen molar-refractivity contribution in [2.24, 2.45) is 5.92 Å². The Morgan fingerprint density at radius 2 is 2.00 bits per heavy atom. The maximum Gasteiger partial charge on any atom is 0.327 e. The number of nitrogens with zero attached hydrogens (tertiary/aromatic N) is 1. The molecule has 0 spiro atoms. The summed E-state index contributed by atoms with van der Waals surface area (Å²) in [6.45, 7) is 6.20. The molecule has 19 heavy (non-hydrogen) atoms. The van der Waals surface area contributed by atoms with Crippen LogP contribution in [0.15, 0.2) is 0 Å². The number of carboxylic acid groups (broad SMARTS) is 1. The summed E-state index contributed by atoms with van der Waals surface area (Å²) >= 11 is 3.22. The number of amides is 1. The molecule has 0 aromatic carbocycles. The minimum Gasteiger partial charge on any atom is -0.480 e. The molecule has 2 aliphatic rings. The van der Waals surface area contributed by atoms with Crippen LogP contribution >= 0.6 is 23.5 Å². The maximum atomic E-state index is 12.4. The second-order valence-electron chi connectivity index (χ2n) is 6.12. The second kappa shape index (κ2) is 5.56. The van der Waals surface area contributed by atoms with Crippen LogP contribution in [0.4, 0.5) is 0 Å². The summed E-state index contributed by atoms with van der Waals surface area (Å²) in [5.74, 6) is 0.524. The Labute approximate surface area is 122 Å². The van der Waals surface area contributed by atoms with E-state index in [-0.39, 0.29) is 16.0 Å². The van der Waals surface area contributed by atoms with E-state index in [4.69, 9.17) is 0 Å². The topological polar surface area (TPSA) is 57.6 Å². The lowest BCUT2D eigenvalue weighted by molar-refractivity contribution is -0.148. The number of carbonyl (C=O) groups excluding carboxylic acids is 1. The summed E-state index contributed by atoms with van der Waals surface area (Å²) in [6.07, 6.45) is 2.25. The van der Waals surface area contributed by atoms with Gasteiger partial charge >= 0.3 is 5.97 Å². The average Bonchev–Trinajstić information content (AvgIpc) is 3.03. The Morgan fingerprint density at radius 1 is 1.37 bits per heavy atom. The van der Waals surface area contributed by atoms with Gasteiger partial charge in [-0.1, -0.05) is 20.8 Å². The molecule has 2 unspecified atom stereocenters. The van der Waals surface area contributed by atoms with Gasteiger partial charge in [0.05, 0.1) is 11.1 Å². The molecule has 1 N–H and O–H groups in total. The van der Waals surface area contributed by atoms with Crippen LogP contribution < -0.4 is 0 Å². The lowest BCUT2D eigenvalue weighted by Crippen LogP contribution is -2.47. The third-order valence-electron chi connectivity index (χ3n) is 3.26. The maximum absolute atomic E-state index is 12.4. The minimum atomic E-state index is -0.871. The van der Waals surface area contributed by atoms with Crippen molar-refractivity contribution in [2.75, 3.05) is 11.5 Å². The van der Waals surface area contributed by atoms with Crippen LogP contribution in [-0.2, 0) is 9.59 Å². The van der Waals surface area contributed by atoms with Crippen molar-refractivity contribution < 1.29 is 14.7 Å². The van der Waals surface area contributed by atoms with E-state index in [0.717, 1.165) is 12.8 Å². The number of hydrogen-bond acceptors (Lipinski definition) is 4. The fourth-order valence-corrected chi connectivity index (χ4v) is 4.49. The molecular formula is C13H21NO3S2. The Bertz CT molecular complexity index is 377. The molecule has 1 aliphatic heterocycles. The van der Waals surface area contributed by atoms with Crippen molar-refractivity contribution in [2.45, 2.75) is 49.8 Å². The van der Waals surface area contributed by atoms with Crippen LogP contribution in [0.3, 0.4) is 0 Å². The first kappa shape index (κ1) is 15.0. The van der Waals surface area contributed by atoms with E-state index in [1.54, 1.807) is 28.4 Å². The SMILES string of the molecule is CC(C)(C)SCC(=O)N1C(C(=O)O)CSC1C1CC1. The van der Waals surface area contributed by atoms with Crippen LogP contribution in [0.2, 0.25) is 0 Å². The van der Waals surface area contributed by atoms with Gasteiger partial charge in [0.25, 0.3) is 0 Å². The zero-order valence-electron chi connectivity index (χ0n) is 11.6. The van der Waals surface area contributed by atoms with Gasteiger partial charge in [-0.15, -0.1) is 23.5 Å². The van der Waals surface area contributed by atoms with E-state index in [9.17, 15) is 14.7 Å². The first-order chi connectivity index (χ1) is 8.79. The Hall–Kier alpha value is -0.360. The molecule has 1 heterocycles. The third-order valence-corrected chi connectivity index (χ3v) is 5.98. The molecule has 1 aliphatic carbocycles. The zero-order chi connectivity index (χ0) is 14.2. The van der Waals surface area contributed by atoms with Crippen molar-refractivity contribution >= 4 is 35.4 Å². The highest BCUT2D eigenvalue weighted by atomic mass is 32.2. The lowest BCUT2D eigenvalue weighted by Gasteiger charge is -2.28. The molecule has 1 saturated heterocycles. The third kappa shape index (κ3) is 3.81. The number of carbonyl (C=O) groups is 2. The molecule has 4 nitrogen and oxygen atoms in total. The zero-order valence-corrected chi connectivity index (χ0v) is 13.2. The molecule has 6 heteroatoms. The number of carboxylic acids is 1. The Kier molecular flexibility index (Phi) is 4.40. The second-order valence-corrected chi connectivity index (χ2v) is 9.07. The van der Waals surface area contributed by atoms with E-state index in [2.05, 4.69) is 20.8 Å². The molecule has 2 atom stereocenters. The summed E-state index contributed by atoms with van der Waals surface area (Å²) in [7, 11) is 0. The van der Waals surface area contributed by atoms with Crippen molar-refractivity contribution in [3.63, 3.8) is 0 Å². The molecule has 0 radical (unpaired) electrons. The van der Waals surface area contributed by atoms with E-state index < -0.39 is 12.0 Å². The average molecular weight is 303 g/mol. The molecule has 0 aromatic heterocycles. The predicted octanol–water partition coefficient (Wildman–Crippen LogP) is 2.28. The first-order valence-electron chi connectivity index (χ1n) is 6.59. The van der Waals surface area contributed by atoms with Crippen LogP contribution in [0.1, 0.15) is 33.6 Å². The van der Waals surface area contributed by atoms with Crippen molar-refractivity contribution in [1.29, 1.82) is 0 Å². The Morgan fingerprint density at radius 3 is 2.47 bits per heavy atom. The summed E-state index contributed by atoms with van der Waals surface area (Å²) in [4.78, 5) is 25.3. The predicted molar refractivity (Wildman–Crippen MR) is 79.5 cm³/mol. The highest BCUT2D eigenvalue weighted by molar-refractivity contribution is 8.01. The molecule has 0 bridgehead atoms. The Balaban J connectivity index is 2.03. The number of rotatable bonds is 4. The fraction of sp³-hybridized carbons (Fsp3) is 0.846. The first-order valence-corrected chi connectivity index (χ1v) is 8.62. The van der Waals surface area contributed by atoms with E-state index in [1.165, 1.54) is 0 Å². The standard InChI is InChI=1S/C13H21NO3S2/c1-13(2,3)19-7-10(15)14-9(12(16)17)6-18-11(14)8-4-5-8/h8-9,11H,4-7H2,1-3H3,(H,16,17). The van der Waals surface area contributed by atoms with Crippen molar-refractivity contribution in [3.8, 4) is 0 Å². The quantitative estimate of drug-likeness (QED) is 0.863. The van der Waals surface area contributed by atoms with E-state index in [0.29, 0.717) is 17.4 Å². The van der Waals surface area contributed by atoms with Gasteiger partial charge in [-0.25, -0.2) is 4.79 Å². The lowest BCUT2D eigenvalue weighted by atomic mass is 10.2. The van der Waals surface area contributed by atoms with Gasteiger partial charge in [-0.2, -0.15) is 0 Å². The smallest absolute Gasteiger partial charge is 0.327 e. The highest BCUT2D eigenvalue weighted by Crippen LogP contribution is 2.45. The molecule has 1 saturated carbocycles. The molecule has 2 fully saturated rings. The van der Waals surface area contributed by atoms with Gasteiger partial charge in [0.2, 0.25) is 5.91 Å². The van der Waals surface area contributed by atoms with E-state index in [1.807, 2.05) is 0 Å². The van der Waals surface area contributed by atoms with Gasteiger partial charge in [0.1, 0.15) is 6.04 Å². The van der Waals surface area contributed by atoms with E-state index >= 15 is 0 Å². The highest BCUT2D eigenvalue weighted by Gasteiger charge is 2.47. The monoisotopic (exact) mass is 303 g/mol. The molecular weight excluding hydrogens is 282 g/mol. The van der Waals surface area contributed by atoms with Crippen LogP contribution in [0.25, 0.3) is 0 Å². The number of thioether (sulfide) groups is 2. The normalized spacial score (nSPS) is 27.6. The van der Waals surface area contributed by atoms with Crippen molar-refractivity contribution in [3.05, 3.63) is 0 Å². The van der Waals surface area contributed by atoms with Gasteiger partial charge in [0, 0.05) is 10.5 Å². The fourth-order valence-electron chi connectivity index (χ4n) is 2.13. The summed E-state index contributed by atoms with van der Waals surface area (Å²) in [5.41, 5.74) is 0. The molecule has 2 rings (SSSR count). The number of aliphatic carboxylic acids is 1. The molecule has 0 aromatic rings. The van der Waals surface area contributed by atoms with Gasteiger partial charge < -0.3 is 10.0 Å². The van der Waals surface area contributed by atoms with Crippen LogP contribution in [0.5, 0.6) is 0 Å². The minimum absolute atomic E-state index is 0.0192. The number of hydrogen-bond donors (Lipinski definition) is 1. The van der Waals surface area contributed by atoms with Gasteiger partial charge in [0.15, 0.2) is 0 Å². The van der Waals surface area contributed by atoms with Crippen LogP contribution in [-0.4, -0.2) is 49.6 Å². The summed E-state index contributed by atoms with van der Waals surface area (Å²) in [6, 6.07) is -0.635. The largest absolute Gasteiger partial charge is 0.480 e.